The van der Waals surface area contributed by atoms with E-state index < -0.39 is 29.7 Å². The highest BCUT2D eigenvalue weighted by molar-refractivity contribution is 6.23. The number of nitrogens with zero attached hydrogens (tertiary/aromatic N) is 5. The Hall–Kier alpha value is -5.66. The topological polar surface area (TPSA) is 145 Å². The lowest BCUT2D eigenvalue weighted by molar-refractivity contribution is -0.136. The van der Waals surface area contributed by atoms with Gasteiger partial charge in [-0.15, -0.1) is 0 Å². The number of nitrogens with one attached hydrogen (secondary N) is 1. The highest BCUT2D eigenvalue weighted by Crippen LogP contribution is 2.50. The summed E-state index contributed by atoms with van der Waals surface area (Å²) in [5, 5.41) is 4.58. The van der Waals surface area contributed by atoms with Crippen molar-refractivity contribution in [2.45, 2.75) is 63.5 Å². The van der Waals surface area contributed by atoms with Crippen LogP contribution in [0.15, 0.2) is 73.2 Å². The van der Waals surface area contributed by atoms with Crippen LogP contribution in [0.4, 0.5) is 0 Å². The Balaban J connectivity index is 0.620. The second-order valence-electron chi connectivity index (χ2n) is 16.0. The van der Waals surface area contributed by atoms with Crippen LogP contribution >= 0.6 is 0 Å². The van der Waals surface area contributed by atoms with Gasteiger partial charge in [0.25, 0.3) is 11.8 Å². The van der Waals surface area contributed by atoms with Gasteiger partial charge in [0.05, 0.1) is 29.4 Å². The average Bonchev–Trinajstić information content (AvgIpc) is 3.61. The number of likely N-dealkylation sites (tertiary alicyclic amines) is 1. The Labute approximate surface area is 330 Å². The Morgan fingerprint density at radius 1 is 0.807 bits per heavy atom. The van der Waals surface area contributed by atoms with E-state index in [4.69, 9.17) is 14.2 Å². The van der Waals surface area contributed by atoms with Gasteiger partial charge in [0.2, 0.25) is 17.7 Å². The quantitative estimate of drug-likeness (QED) is 0.104. The van der Waals surface area contributed by atoms with Gasteiger partial charge in [-0.2, -0.15) is 0 Å². The number of pyridine rings is 2. The lowest BCUT2D eigenvalue weighted by atomic mass is 9.61. The fourth-order valence-electron chi connectivity index (χ4n) is 9.02. The summed E-state index contributed by atoms with van der Waals surface area (Å²) in [6, 6.07) is 16.5. The zero-order chi connectivity index (χ0) is 39.1. The van der Waals surface area contributed by atoms with E-state index in [2.05, 4.69) is 56.1 Å². The van der Waals surface area contributed by atoms with E-state index >= 15 is 0 Å². The van der Waals surface area contributed by atoms with Crippen LogP contribution in [0.2, 0.25) is 0 Å². The number of aromatic nitrogens is 3. The zero-order valence-electron chi connectivity index (χ0n) is 32.1. The molecule has 1 saturated carbocycles. The number of carbonyl (C=O) groups excluding carboxylic acids is 4. The molecule has 2 aromatic carbocycles. The first-order valence-corrected chi connectivity index (χ1v) is 20.0. The van der Waals surface area contributed by atoms with E-state index in [9.17, 15) is 19.2 Å². The van der Waals surface area contributed by atoms with Crippen molar-refractivity contribution in [3.05, 3.63) is 84.3 Å². The number of carbonyl (C=O) groups is 4. The van der Waals surface area contributed by atoms with Crippen LogP contribution in [0.1, 0.15) is 72.1 Å². The summed E-state index contributed by atoms with van der Waals surface area (Å²) in [5.41, 5.74) is 5.30. The van der Waals surface area contributed by atoms with Gasteiger partial charge in [0.15, 0.2) is 0 Å². The number of fused-ring (bicyclic) bond motifs is 4. The van der Waals surface area contributed by atoms with Crippen molar-refractivity contribution in [1.82, 2.24) is 29.7 Å². The molecule has 13 nitrogen and oxygen atoms in total. The molecule has 3 fully saturated rings. The highest BCUT2D eigenvalue weighted by atomic mass is 16.5. The average molecular weight is 771 g/mol. The van der Waals surface area contributed by atoms with Gasteiger partial charge in [-0.25, -0.2) is 4.98 Å². The van der Waals surface area contributed by atoms with Crippen LogP contribution in [0.3, 0.4) is 0 Å². The van der Waals surface area contributed by atoms with Crippen LogP contribution in [-0.4, -0.2) is 99.6 Å². The summed E-state index contributed by atoms with van der Waals surface area (Å²) >= 11 is 0. The summed E-state index contributed by atoms with van der Waals surface area (Å²) in [5.74, 6) is -0.858. The largest absolute Gasteiger partial charge is 0.490 e. The Morgan fingerprint density at radius 3 is 2.40 bits per heavy atom. The molecule has 1 spiro atoms. The molecule has 0 bridgehead atoms. The van der Waals surface area contributed by atoms with Gasteiger partial charge in [-0.05, 0) is 93.5 Å². The SMILES string of the molecule is Cn1c2ccncc2c2ccc(-c3ccc(OCCCCOCCCCN4CC5(CC(Oc6ccc7c(c6)C(=O)N(C6CCC(=O)NC6=O)C7=O)C5)C4)nc3)cc21. The van der Waals surface area contributed by atoms with Gasteiger partial charge in [0, 0.05) is 91.7 Å². The minimum atomic E-state index is -0.977. The van der Waals surface area contributed by atoms with Crippen LogP contribution in [0.5, 0.6) is 11.6 Å². The molecule has 6 heterocycles. The molecule has 1 unspecified atom stereocenters. The smallest absolute Gasteiger partial charge is 0.262 e. The Morgan fingerprint density at radius 2 is 1.60 bits per heavy atom. The molecule has 13 heteroatoms. The number of rotatable bonds is 15. The third kappa shape index (κ3) is 7.25. The van der Waals surface area contributed by atoms with Crippen molar-refractivity contribution in [3.63, 3.8) is 0 Å². The van der Waals surface area contributed by atoms with E-state index in [1.54, 1.807) is 18.2 Å². The first-order chi connectivity index (χ1) is 27.7. The molecule has 1 atom stereocenters. The molecular weight excluding hydrogens is 725 g/mol. The number of hydrogen-bond acceptors (Lipinski definition) is 10. The van der Waals surface area contributed by atoms with E-state index in [1.807, 2.05) is 30.7 Å². The van der Waals surface area contributed by atoms with E-state index in [1.165, 1.54) is 16.4 Å². The summed E-state index contributed by atoms with van der Waals surface area (Å²) in [6.07, 6.45) is 11.8. The number of amides is 4. The number of imide groups is 2. The maximum atomic E-state index is 13.1. The normalized spacial score (nSPS) is 19.2. The molecule has 4 aliphatic rings. The van der Waals surface area contributed by atoms with Gasteiger partial charge in [-0.3, -0.25) is 34.4 Å². The van der Waals surface area contributed by atoms with Crippen molar-refractivity contribution in [3.8, 4) is 22.8 Å². The van der Waals surface area contributed by atoms with Gasteiger partial charge in [0.1, 0.15) is 11.8 Å². The van der Waals surface area contributed by atoms with Gasteiger partial charge < -0.3 is 23.7 Å². The predicted molar refractivity (Wildman–Crippen MR) is 212 cm³/mol. The van der Waals surface area contributed by atoms with Gasteiger partial charge in [-0.1, -0.05) is 12.1 Å². The zero-order valence-corrected chi connectivity index (χ0v) is 32.1. The van der Waals surface area contributed by atoms with Crippen molar-refractivity contribution in [1.29, 1.82) is 0 Å². The fourth-order valence-corrected chi connectivity index (χ4v) is 9.02. The van der Waals surface area contributed by atoms with Crippen molar-refractivity contribution in [2.75, 3.05) is 39.5 Å². The van der Waals surface area contributed by atoms with Crippen molar-refractivity contribution < 1.29 is 33.4 Å². The lowest BCUT2D eigenvalue weighted by Crippen LogP contribution is -2.64. The van der Waals surface area contributed by atoms with Crippen LogP contribution < -0.4 is 14.8 Å². The number of hydrogen-bond donors (Lipinski definition) is 1. The van der Waals surface area contributed by atoms with E-state index in [-0.39, 0.29) is 30.1 Å². The second-order valence-corrected chi connectivity index (χ2v) is 16.0. The van der Waals surface area contributed by atoms with Crippen LogP contribution in [0.25, 0.3) is 32.9 Å². The van der Waals surface area contributed by atoms with Gasteiger partial charge >= 0.3 is 0 Å². The standard InChI is InChI=1S/C44H46N6O7/c1-48-36-14-15-45-25-35(36)32-9-6-28(20-38(32)48)29-7-13-40(46-24-29)56-19-5-4-18-55-17-3-2-16-49-26-44(27-49)22-31(23-44)57-30-8-10-33-34(21-30)43(54)50(42(33)53)37-11-12-39(51)47-41(37)52/h6-10,13-15,20-21,24-25,31,37H,2-5,11-12,16-19,22-23,26-27H2,1H3,(H,47,51,52). The molecular formula is C44H46N6O7. The molecule has 3 aliphatic heterocycles. The number of piperidine rings is 1. The minimum Gasteiger partial charge on any atom is -0.490 e. The molecule has 4 amide bonds. The highest BCUT2D eigenvalue weighted by Gasteiger charge is 2.53. The maximum absolute atomic E-state index is 13.1. The first-order valence-electron chi connectivity index (χ1n) is 20.0. The minimum absolute atomic E-state index is 0.0698. The molecule has 57 heavy (non-hydrogen) atoms. The van der Waals surface area contributed by atoms with E-state index in [0.29, 0.717) is 23.7 Å². The molecule has 2 saturated heterocycles. The maximum Gasteiger partial charge on any atom is 0.262 e. The molecule has 5 aromatic rings. The van der Waals surface area contributed by atoms with Crippen molar-refractivity contribution in [2.24, 2.45) is 12.5 Å². The van der Waals surface area contributed by atoms with Crippen LogP contribution in [-0.2, 0) is 21.4 Å². The lowest BCUT2D eigenvalue weighted by Gasteiger charge is -2.58. The molecule has 3 aromatic heterocycles. The summed E-state index contributed by atoms with van der Waals surface area (Å²) in [7, 11) is 2.09. The van der Waals surface area contributed by atoms with Crippen LogP contribution in [0, 0.1) is 5.41 Å². The monoisotopic (exact) mass is 770 g/mol. The Bertz CT molecular complexity index is 2360. The number of unbranched alkanes of at least 4 members (excludes halogenated alkanes) is 2. The molecule has 9 rings (SSSR count). The van der Waals surface area contributed by atoms with E-state index in [0.717, 1.165) is 92.8 Å². The first kappa shape index (κ1) is 36.9. The Kier molecular flexibility index (Phi) is 9.95. The third-order valence-electron chi connectivity index (χ3n) is 12.0. The fraction of sp³-hybridized carbons (Fsp3) is 0.409. The number of aryl methyl sites for hydroxylation is 1. The molecule has 1 aliphatic carbocycles. The molecule has 0 radical (unpaired) electrons. The number of benzene rings is 2. The molecule has 1 N–H and O–H groups in total. The second kappa shape index (κ2) is 15.4. The summed E-state index contributed by atoms with van der Waals surface area (Å²) < 4.78 is 20.2. The third-order valence-corrected chi connectivity index (χ3v) is 12.0. The number of ether oxygens (including phenoxy) is 3. The molecule has 294 valence electrons. The predicted octanol–water partition coefficient (Wildman–Crippen LogP) is 5.69. The van der Waals surface area contributed by atoms with Crippen molar-refractivity contribution >= 4 is 45.4 Å². The summed E-state index contributed by atoms with van der Waals surface area (Å²) in [6.45, 7) is 5.30. The summed E-state index contributed by atoms with van der Waals surface area (Å²) in [4.78, 5) is 62.3.